The zero-order valence-corrected chi connectivity index (χ0v) is 23.0. The van der Waals surface area contributed by atoms with Gasteiger partial charge >= 0.3 is 7.60 Å². The second-order valence-electron chi connectivity index (χ2n) is 9.00. The van der Waals surface area contributed by atoms with Gasteiger partial charge in [0.25, 0.3) is 5.91 Å². The number of carbonyl (C=O) groups excluding carboxylic acids is 1. The van der Waals surface area contributed by atoms with Crippen molar-refractivity contribution >= 4 is 34.8 Å². The predicted octanol–water partition coefficient (Wildman–Crippen LogP) is 5.06. The zero-order valence-electron chi connectivity index (χ0n) is 21.3. The number of aromatic nitrogens is 2. The van der Waals surface area contributed by atoms with Crippen LogP contribution >= 0.6 is 7.60 Å². The summed E-state index contributed by atoms with van der Waals surface area (Å²) in [5.74, 6) is -0.645. The highest BCUT2D eigenvalue weighted by atomic mass is 32.2. The van der Waals surface area contributed by atoms with Gasteiger partial charge in [0.1, 0.15) is 0 Å². The van der Waals surface area contributed by atoms with E-state index in [0.29, 0.717) is 11.4 Å². The molecule has 198 valence electrons. The summed E-state index contributed by atoms with van der Waals surface area (Å²) in [4.78, 5) is 21.2. The Morgan fingerprint density at radius 2 is 1.57 bits per heavy atom. The minimum absolute atomic E-state index is 0.0429. The molecule has 1 aromatic heterocycles. The molecule has 0 aliphatic carbocycles. The van der Waals surface area contributed by atoms with Crippen LogP contribution in [0.15, 0.2) is 59.6 Å². The van der Waals surface area contributed by atoms with Crippen molar-refractivity contribution in [3.63, 3.8) is 0 Å². The van der Waals surface area contributed by atoms with Crippen LogP contribution in [0.25, 0.3) is 11.3 Å². The van der Waals surface area contributed by atoms with E-state index in [1.54, 1.807) is 27.7 Å². The van der Waals surface area contributed by atoms with Crippen LogP contribution in [-0.4, -0.2) is 42.0 Å². The first kappa shape index (κ1) is 28.5. The van der Waals surface area contributed by atoms with E-state index in [-0.39, 0.29) is 16.4 Å². The molecule has 0 spiro atoms. The number of nitrogens with one attached hydrogen (secondary N) is 1. The fourth-order valence-electron chi connectivity index (χ4n) is 3.38. The van der Waals surface area contributed by atoms with Gasteiger partial charge in [-0.1, -0.05) is 29.8 Å². The summed E-state index contributed by atoms with van der Waals surface area (Å²) in [5.41, 5.74) is 7.68. The summed E-state index contributed by atoms with van der Waals surface area (Å²) in [6.45, 7) is 8.55. The van der Waals surface area contributed by atoms with Gasteiger partial charge in [-0.2, -0.15) is 0 Å². The first-order valence-corrected chi connectivity index (χ1v) is 15.0. The number of nitrogens with zero attached hydrogens (tertiary/aromatic N) is 2. The minimum atomic E-state index is -4.02. The summed E-state index contributed by atoms with van der Waals surface area (Å²) in [7, 11) is -7.94. The lowest BCUT2D eigenvalue weighted by atomic mass is 10.1. The van der Waals surface area contributed by atoms with E-state index in [9.17, 15) is 17.8 Å². The van der Waals surface area contributed by atoms with Crippen LogP contribution in [0.2, 0.25) is 0 Å². The molecule has 1 heterocycles. The Kier molecular flexibility index (Phi) is 8.86. The monoisotopic (exact) mass is 546 g/mol. The standard InChI is InChI=1S/C25H31N4O6PS/c1-16(2)34-36(31,35-17(3)4)15-37(32,33)21-12-10-20(11-13-21)28-25(30)23-24(26)27-14-22(29-23)19-8-6-18(5)7-9-19/h6-14,16-17H,15H2,1-5H3,(H2,26,27)(H,28,30). The molecule has 2 aromatic carbocycles. The van der Waals surface area contributed by atoms with Gasteiger partial charge in [0.2, 0.25) is 0 Å². The summed E-state index contributed by atoms with van der Waals surface area (Å²) in [6, 6.07) is 13.0. The van der Waals surface area contributed by atoms with Crippen LogP contribution in [0.1, 0.15) is 43.7 Å². The number of aryl methyl sites for hydroxylation is 1. The molecule has 12 heteroatoms. The van der Waals surface area contributed by atoms with Crippen molar-refractivity contribution in [2.24, 2.45) is 0 Å². The maximum absolute atomic E-state index is 13.1. The van der Waals surface area contributed by atoms with Gasteiger partial charge in [0.15, 0.2) is 26.8 Å². The molecule has 1 amide bonds. The third-order valence-electron chi connectivity index (χ3n) is 4.91. The van der Waals surface area contributed by atoms with Crippen molar-refractivity contribution in [2.45, 2.75) is 51.7 Å². The maximum atomic E-state index is 13.1. The average Bonchev–Trinajstić information content (AvgIpc) is 2.78. The number of nitrogen functional groups attached to an aromatic ring is 1. The van der Waals surface area contributed by atoms with Crippen LogP contribution in [0.4, 0.5) is 11.5 Å². The lowest BCUT2D eigenvalue weighted by molar-refractivity contribution is 0.102. The van der Waals surface area contributed by atoms with Crippen LogP contribution in [0, 0.1) is 6.92 Å². The highest BCUT2D eigenvalue weighted by molar-refractivity contribution is 7.97. The van der Waals surface area contributed by atoms with Gasteiger partial charge in [-0.15, -0.1) is 0 Å². The van der Waals surface area contributed by atoms with Gasteiger partial charge in [-0.05, 0) is 58.9 Å². The number of sulfone groups is 1. The van der Waals surface area contributed by atoms with Crippen molar-refractivity contribution in [3.05, 3.63) is 66.0 Å². The van der Waals surface area contributed by atoms with Crippen LogP contribution in [-0.2, 0) is 23.4 Å². The van der Waals surface area contributed by atoms with Crippen molar-refractivity contribution in [1.82, 2.24) is 9.97 Å². The fourth-order valence-corrected chi connectivity index (χ4v) is 8.01. The van der Waals surface area contributed by atoms with E-state index < -0.39 is 41.0 Å². The van der Waals surface area contributed by atoms with Crippen molar-refractivity contribution in [3.8, 4) is 11.3 Å². The van der Waals surface area contributed by atoms with Crippen molar-refractivity contribution in [1.29, 1.82) is 0 Å². The third-order valence-corrected chi connectivity index (χ3v) is 10.0. The molecule has 0 fully saturated rings. The van der Waals surface area contributed by atoms with Gasteiger partial charge in [-0.3, -0.25) is 9.36 Å². The number of hydrogen-bond acceptors (Lipinski definition) is 9. The zero-order chi connectivity index (χ0) is 27.4. The molecule has 3 aromatic rings. The normalized spacial score (nSPS) is 12.2. The van der Waals surface area contributed by atoms with E-state index in [2.05, 4.69) is 15.3 Å². The molecule has 0 unspecified atom stereocenters. The molecule has 0 aliphatic rings. The summed E-state index contributed by atoms with van der Waals surface area (Å²) in [6.07, 6.45) is 0.510. The van der Waals surface area contributed by atoms with E-state index in [1.165, 1.54) is 30.5 Å². The number of amides is 1. The summed E-state index contributed by atoms with van der Waals surface area (Å²) >= 11 is 0. The van der Waals surface area contributed by atoms with Crippen molar-refractivity contribution < 1.29 is 26.8 Å². The largest absolute Gasteiger partial charge is 0.382 e. The molecule has 10 nitrogen and oxygen atoms in total. The molecular weight excluding hydrogens is 515 g/mol. The Labute approximate surface area is 217 Å². The van der Waals surface area contributed by atoms with Crippen LogP contribution in [0.5, 0.6) is 0 Å². The number of nitrogens with two attached hydrogens (primary N) is 1. The second kappa shape index (κ2) is 11.5. The first-order chi connectivity index (χ1) is 17.3. The SMILES string of the molecule is Cc1ccc(-c2cnc(N)c(C(=O)Nc3ccc(S(=O)(=O)CP(=O)(OC(C)C)OC(C)C)cc3)n2)cc1. The molecule has 0 aliphatic heterocycles. The lowest BCUT2D eigenvalue weighted by Gasteiger charge is -2.22. The molecular formula is C25H31N4O6PS. The Bertz CT molecular complexity index is 1390. The van der Waals surface area contributed by atoms with E-state index in [4.69, 9.17) is 14.8 Å². The highest BCUT2D eigenvalue weighted by Gasteiger charge is 2.35. The number of carbonyl (C=O) groups is 1. The number of rotatable bonds is 10. The number of hydrogen-bond donors (Lipinski definition) is 2. The molecule has 3 rings (SSSR count). The van der Waals surface area contributed by atoms with E-state index in [0.717, 1.165) is 11.1 Å². The van der Waals surface area contributed by atoms with Gasteiger partial charge in [-0.25, -0.2) is 18.4 Å². The first-order valence-electron chi connectivity index (χ1n) is 11.6. The Morgan fingerprint density at radius 1 is 1.00 bits per heavy atom. The Hall–Kier alpha value is -3.11. The molecule has 0 bridgehead atoms. The molecule has 0 saturated heterocycles. The van der Waals surface area contributed by atoms with Crippen molar-refractivity contribution in [2.75, 3.05) is 16.5 Å². The molecule has 0 atom stereocenters. The third kappa shape index (κ3) is 7.69. The fraction of sp³-hybridized carbons (Fsp3) is 0.320. The summed E-state index contributed by atoms with van der Waals surface area (Å²) in [5, 5.41) is 2.65. The molecule has 37 heavy (non-hydrogen) atoms. The van der Waals surface area contributed by atoms with Crippen LogP contribution < -0.4 is 11.1 Å². The Balaban J connectivity index is 1.78. The maximum Gasteiger partial charge on any atom is 0.346 e. The van der Waals surface area contributed by atoms with E-state index in [1.807, 2.05) is 31.2 Å². The molecule has 0 radical (unpaired) electrons. The molecule has 3 N–H and O–H groups in total. The number of benzene rings is 2. The predicted molar refractivity (Wildman–Crippen MR) is 143 cm³/mol. The quantitative estimate of drug-likeness (QED) is 0.332. The topological polar surface area (TPSA) is 151 Å². The molecule has 0 saturated carbocycles. The minimum Gasteiger partial charge on any atom is -0.382 e. The van der Waals surface area contributed by atoms with Gasteiger partial charge in [0.05, 0.1) is 29.0 Å². The van der Waals surface area contributed by atoms with Gasteiger partial charge < -0.3 is 20.1 Å². The lowest BCUT2D eigenvalue weighted by Crippen LogP contribution is -2.18. The highest BCUT2D eigenvalue weighted by Crippen LogP contribution is 2.52. The average molecular weight is 547 g/mol. The van der Waals surface area contributed by atoms with Crippen LogP contribution in [0.3, 0.4) is 0 Å². The smallest absolute Gasteiger partial charge is 0.346 e. The second-order valence-corrected chi connectivity index (χ2v) is 13.4. The Morgan fingerprint density at radius 3 is 2.11 bits per heavy atom. The van der Waals surface area contributed by atoms with Gasteiger partial charge in [0, 0.05) is 11.3 Å². The van der Waals surface area contributed by atoms with E-state index >= 15 is 0 Å². The summed E-state index contributed by atoms with van der Waals surface area (Å²) < 4.78 is 49.7. The number of anilines is 2.